The van der Waals surface area contributed by atoms with E-state index in [1.165, 1.54) is 0 Å². The summed E-state index contributed by atoms with van der Waals surface area (Å²) in [6.45, 7) is 13.4. The molecule has 0 amide bonds. The predicted octanol–water partition coefficient (Wildman–Crippen LogP) is 8.10. The third kappa shape index (κ3) is 8.40. The number of ketones is 2. The Bertz CT molecular complexity index is 1750. The summed E-state index contributed by atoms with van der Waals surface area (Å²) in [5.74, 6) is 0.258. The average Bonchev–Trinajstić information content (AvgIpc) is 3.74. The van der Waals surface area contributed by atoms with E-state index < -0.39 is 36.3 Å². The molecular weight excluding hydrogens is 693 g/mol. The minimum absolute atomic E-state index is 0.0113. The van der Waals surface area contributed by atoms with Crippen molar-refractivity contribution in [3.05, 3.63) is 46.5 Å². The minimum atomic E-state index is -3.66. The lowest BCUT2D eigenvalue weighted by Crippen LogP contribution is -2.46. The summed E-state index contributed by atoms with van der Waals surface area (Å²) in [6, 6.07) is 7.78. The van der Waals surface area contributed by atoms with Crippen molar-refractivity contribution in [3.63, 3.8) is 0 Å². The van der Waals surface area contributed by atoms with Gasteiger partial charge in [0.1, 0.15) is 0 Å². The summed E-state index contributed by atoms with van der Waals surface area (Å²) in [5.41, 5.74) is 0.895. The van der Waals surface area contributed by atoms with Gasteiger partial charge in [0.15, 0.2) is 11.6 Å². The normalized spacial score (nSPS) is 29.5. The second kappa shape index (κ2) is 16.3. The highest BCUT2D eigenvalue weighted by Gasteiger charge is 2.67. The molecule has 1 aromatic carbocycles. The largest absolute Gasteiger partial charge is 0.294 e. The van der Waals surface area contributed by atoms with Crippen LogP contribution >= 0.6 is 0 Å². The summed E-state index contributed by atoms with van der Waals surface area (Å²) in [7, 11) is -7.26. The van der Waals surface area contributed by atoms with Gasteiger partial charge in [0.05, 0.1) is 16.9 Å². The Morgan fingerprint density at radius 1 is 0.731 bits per heavy atom. The van der Waals surface area contributed by atoms with Gasteiger partial charge in [-0.3, -0.25) is 9.59 Å². The Morgan fingerprint density at radius 2 is 1.25 bits per heavy atom. The highest BCUT2D eigenvalue weighted by Crippen LogP contribution is 2.66. The second-order valence-corrected chi connectivity index (χ2v) is 20.8. The Morgan fingerprint density at radius 3 is 1.77 bits per heavy atom. The number of fused-ring (bicyclic) bond motifs is 4. The van der Waals surface area contributed by atoms with Crippen LogP contribution in [0.5, 0.6) is 0 Å². The highest BCUT2D eigenvalue weighted by atomic mass is 32.2. The first-order valence-corrected chi connectivity index (χ1v) is 23.4. The molecule has 4 aliphatic rings. The van der Waals surface area contributed by atoms with Crippen LogP contribution in [0.25, 0.3) is 12.2 Å². The predicted molar refractivity (Wildman–Crippen MR) is 211 cm³/mol. The molecule has 0 aromatic heterocycles. The molecule has 6 atom stereocenters. The molecule has 8 nitrogen and oxygen atoms in total. The van der Waals surface area contributed by atoms with Crippen molar-refractivity contribution in [2.45, 2.75) is 125 Å². The number of hydrogen-bond acceptors (Lipinski definition) is 6. The molecule has 1 aromatic rings. The van der Waals surface area contributed by atoms with E-state index in [2.05, 4.69) is 51.0 Å². The number of allylic oxidation sites excluding steroid dienone is 2. The number of sulfonamides is 2. The SMILES string of the molecule is CCCCC(CC)CNS(=O)(=O)CC12CCC(C1)/C(=C\c1ccc(/C=C3/C(=O)C4(CS(=O)(=O)NCC(CC)CCCC)CCC3C4(C)C)cc1)C2=O. The lowest BCUT2D eigenvalue weighted by molar-refractivity contribution is -0.125. The average molecular weight is 757 g/mol. The molecule has 4 saturated carbocycles. The van der Waals surface area contributed by atoms with Gasteiger partial charge in [-0.2, -0.15) is 0 Å². The van der Waals surface area contributed by atoms with Crippen LogP contribution in [0.3, 0.4) is 0 Å². The summed E-state index contributed by atoms with van der Waals surface area (Å²) < 4.78 is 59.0. The molecule has 0 heterocycles. The maximum atomic E-state index is 14.1. The summed E-state index contributed by atoms with van der Waals surface area (Å²) >= 11 is 0. The first kappa shape index (κ1) is 41.0. The van der Waals surface area contributed by atoms with E-state index in [1.807, 2.05) is 36.4 Å². The standard InChI is InChI=1S/C42H64N2O6S2/c1-7-11-13-30(9-3)26-43-51(47,48)28-41-21-19-34(25-41)35(38(41)45)23-32-15-17-33(18-16-32)24-36-37-20-22-42(39(36)46,40(37,5)6)29-52(49,50)44-27-31(10-4)14-12-8-2/h15-18,23-24,30-31,34,37,43-44H,7-14,19-22,25-29H2,1-6H3/b35-23+,36-24+. The number of nitrogens with one attached hydrogen (secondary N) is 2. The number of Topliss-reactive ketones (excluding diaryl/α,β-unsaturated/α-hetero) is 2. The topological polar surface area (TPSA) is 126 Å². The second-order valence-electron chi connectivity index (χ2n) is 17.2. The van der Waals surface area contributed by atoms with Crippen LogP contribution in [0.2, 0.25) is 0 Å². The van der Waals surface area contributed by atoms with Crippen LogP contribution in [-0.4, -0.2) is 53.0 Å². The number of hydrogen-bond donors (Lipinski definition) is 2. The molecule has 4 aliphatic carbocycles. The van der Waals surface area contributed by atoms with E-state index in [-0.39, 0.29) is 34.9 Å². The Hall–Kier alpha value is -2.14. The van der Waals surface area contributed by atoms with Crippen LogP contribution < -0.4 is 9.44 Å². The zero-order chi connectivity index (χ0) is 38.0. The van der Waals surface area contributed by atoms with Crippen LogP contribution in [0.15, 0.2) is 35.4 Å². The van der Waals surface area contributed by atoms with Gasteiger partial charge in [-0.15, -0.1) is 0 Å². The smallest absolute Gasteiger partial charge is 0.212 e. The molecule has 290 valence electrons. The molecule has 4 bridgehead atoms. The summed E-state index contributed by atoms with van der Waals surface area (Å²) in [5, 5.41) is 0. The molecule has 0 saturated heterocycles. The first-order valence-electron chi connectivity index (χ1n) is 20.1. The number of carbonyl (C=O) groups excluding carboxylic acids is 2. The fourth-order valence-electron chi connectivity index (χ4n) is 9.97. The van der Waals surface area contributed by atoms with Gasteiger partial charge in [0, 0.05) is 24.1 Å². The molecule has 52 heavy (non-hydrogen) atoms. The van der Waals surface area contributed by atoms with Gasteiger partial charge in [0.25, 0.3) is 0 Å². The number of unbranched alkanes of at least 4 members (excludes halogenated alkanes) is 2. The van der Waals surface area contributed by atoms with Crippen LogP contribution in [-0.2, 0) is 29.6 Å². The van der Waals surface area contributed by atoms with Gasteiger partial charge in [-0.05, 0) is 103 Å². The van der Waals surface area contributed by atoms with Crippen molar-refractivity contribution in [2.24, 2.45) is 39.9 Å². The van der Waals surface area contributed by atoms with Gasteiger partial charge >= 0.3 is 0 Å². The quantitative estimate of drug-likeness (QED) is 0.130. The van der Waals surface area contributed by atoms with Crippen molar-refractivity contribution >= 4 is 43.8 Å². The monoisotopic (exact) mass is 756 g/mol. The molecular formula is C42H64N2O6S2. The van der Waals surface area contributed by atoms with Gasteiger partial charge < -0.3 is 0 Å². The van der Waals surface area contributed by atoms with Crippen molar-refractivity contribution in [1.29, 1.82) is 0 Å². The molecule has 0 radical (unpaired) electrons. The lowest BCUT2D eigenvalue weighted by Gasteiger charge is -2.35. The van der Waals surface area contributed by atoms with E-state index in [0.29, 0.717) is 49.8 Å². The zero-order valence-electron chi connectivity index (χ0n) is 32.6. The van der Waals surface area contributed by atoms with Gasteiger partial charge in [-0.1, -0.05) is 104 Å². The summed E-state index contributed by atoms with van der Waals surface area (Å²) in [4.78, 5) is 27.9. The maximum Gasteiger partial charge on any atom is 0.212 e. The Labute approximate surface area is 314 Å². The molecule has 0 spiro atoms. The van der Waals surface area contributed by atoms with E-state index in [9.17, 15) is 26.4 Å². The van der Waals surface area contributed by atoms with Crippen molar-refractivity contribution in [2.75, 3.05) is 24.6 Å². The number of benzene rings is 1. The fraction of sp³-hybridized carbons (Fsp3) is 0.714. The van der Waals surface area contributed by atoms with Gasteiger partial charge in [0.2, 0.25) is 20.0 Å². The molecule has 6 unspecified atom stereocenters. The number of rotatable bonds is 20. The van der Waals surface area contributed by atoms with E-state index in [4.69, 9.17) is 0 Å². The minimum Gasteiger partial charge on any atom is -0.294 e. The number of carbonyl (C=O) groups is 2. The third-order valence-electron chi connectivity index (χ3n) is 13.6. The van der Waals surface area contributed by atoms with E-state index in [1.54, 1.807) is 0 Å². The fourth-order valence-corrected chi connectivity index (χ4v) is 13.6. The van der Waals surface area contributed by atoms with Crippen LogP contribution in [0.1, 0.15) is 136 Å². The van der Waals surface area contributed by atoms with E-state index in [0.717, 1.165) is 80.9 Å². The zero-order valence-corrected chi connectivity index (χ0v) is 34.2. The molecule has 2 N–H and O–H groups in total. The highest BCUT2D eigenvalue weighted by molar-refractivity contribution is 7.89. The van der Waals surface area contributed by atoms with Crippen molar-refractivity contribution in [1.82, 2.24) is 9.44 Å². The first-order chi connectivity index (χ1) is 24.6. The van der Waals surface area contributed by atoms with Gasteiger partial charge in [-0.25, -0.2) is 26.3 Å². The van der Waals surface area contributed by atoms with Crippen molar-refractivity contribution in [3.8, 4) is 0 Å². The molecule has 4 fully saturated rings. The molecule has 0 aliphatic heterocycles. The van der Waals surface area contributed by atoms with Crippen LogP contribution in [0.4, 0.5) is 0 Å². The van der Waals surface area contributed by atoms with Crippen molar-refractivity contribution < 1.29 is 26.4 Å². The maximum absolute atomic E-state index is 14.1. The summed E-state index contributed by atoms with van der Waals surface area (Å²) in [6.07, 6.45) is 15.4. The van der Waals surface area contributed by atoms with Crippen LogP contribution in [0, 0.1) is 39.9 Å². The molecule has 5 rings (SSSR count). The molecule has 10 heteroatoms. The third-order valence-corrected chi connectivity index (χ3v) is 16.6. The lowest BCUT2D eigenvalue weighted by atomic mass is 9.70. The van der Waals surface area contributed by atoms with E-state index >= 15 is 0 Å². The Balaban J connectivity index is 1.26. The Kier molecular flexibility index (Phi) is 12.9.